The topological polar surface area (TPSA) is 90.0 Å². The van der Waals surface area contributed by atoms with Crippen LogP contribution in [0, 0.1) is 0 Å². The SMILES string of the molecule is COc1ccc(COc2cc3cc(OC(=O)O)[nH]c3cc2OC)cc1. The van der Waals surface area contributed by atoms with E-state index >= 15 is 0 Å². The molecule has 0 atom stereocenters. The van der Waals surface area contributed by atoms with E-state index in [0.717, 1.165) is 16.7 Å². The molecular weight excluding hydrogens is 326 g/mol. The molecule has 0 amide bonds. The van der Waals surface area contributed by atoms with Gasteiger partial charge in [0.15, 0.2) is 11.5 Å². The van der Waals surface area contributed by atoms with Crippen molar-refractivity contribution in [2.75, 3.05) is 14.2 Å². The van der Waals surface area contributed by atoms with Gasteiger partial charge in [-0.2, -0.15) is 0 Å². The largest absolute Gasteiger partial charge is 0.512 e. The van der Waals surface area contributed by atoms with Crippen LogP contribution in [-0.4, -0.2) is 30.5 Å². The second-order valence-electron chi connectivity index (χ2n) is 5.23. The van der Waals surface area contributed by atoms with Gasteiger partial charge >= 0.3 is 6.16 Å². The van der Waals surface area contributed by atoms with Gasteiger partial charge in [0.1, 0.15) is 12.4 Å². The highest BCUT2D eigenvalue weighted by atomic mass is 16.7. The number of methoxy groups -OCH3 is 2. The molecule has 0 bridgehead atoms. The average molecular weight is 343 g/mol. The number of hydrogen-bond donors (Lipinski definition) is 2. The third-order valence-corrected chi connectivity index (χ3v) is 3.63. The number of fused-ring (bicyclic) bond motifs is 1. The number of nitrogens with one attached hydrogen (secondary N) is 1. The molecule has 25 heavy (non-hydrogen) atoms. The summed E-state index contributed by atoms with van der Waals surface area (Å²) in [4.78, 5) is 13.5. The van der Waals surface area contributed by atoms with E-state index in [9.17, 15) is 4.79 Å². The van der Waals surface area contributed by atoms with E-state index < -0.39 is 6.16 Å². The highest BCUT2D eigenvalue weighted by Gasteiger charge is 2.12. The molecular formula is C18H17NO6. The summed E-state index contributed by atoms with van der Waals surface area (Å²) in [5.74, 6) is 1.99. The van der Waals surface area contributed by atoms with E-state index in [1.54, 1.807) is 32.4 Å². The fraction of sp³-hybridized carbons (Fsp3) is 0.167. The van der Waals surface area contributed by atoms with Gasteiger partial charge in [-0.3, -0.25) is 0 Å². The molecule has 0 unspecified atom stereocenters. The Morgan fingerprint density at radius 3 is 2.44 bits per heavy atom. The minimum absolute atomic E-state index is 0.136. The minimum atomic E-state index is -1.38. The number of aromatic amines is 1. The summed E-state index contributed by atoms with van der Waals surface area (Å²) in [6.45, 7) is 0.356. The van der Waals surface area contributed by atoms with Gasteiger partial charge in [0.25, 0.3) is 0 Å². The van der Waals surface area contributed by atoms with Gasteiger partial charge < -0.3 is 29.0 Å². The van der Waals surface area contributed by atoms with Gasteiger partial charge in [0.2, 0.25) is 5.88 Å². The zero-order chi connectivity index (χ0) is 17.8. The van der Waals surface area contributed by atoms with Crippen molar-refractivity contribution in [1.29, 1.82) is 0 Å². The highest BCUT2D eigenvalue weighted by Crippen LogP contribution is 2.34. The predicted octanol–water partition coefficient (Wildman–Crippen LogP) is 3.82. The predicted molar refractivity (Wildman–Crippen MR) is 90.8 cm³/mol. The smallest absolute Gasteiger partial charge is 0.497 e. The lowest BCUT2D eigenvalue weighted by molar-refractivity contribution is 0.143. The van der Waals surface area contributed by atoms with E-state index in [0.29, 0.717) is 23.6 Å². The quantitative estimate of drug-likeness (QED) is 0.661. The summed E-state index contributed by atoms with van der Waals surface area (Å²) in [6, 6.07) is 12.6. The van der Waals surface area contributed by atoms with Gasteiger partial charge in [-0.15, -0.1) is 0 Å². The molecule has 0 aliphatic heterocycles. The lowest BCUT2D eigenvalue weighted by Crippen LogP contribution is -2.02. The van der Waals surface area contributed by atoms with E-state index in [2.05, 4.69) is 9.72 Å². The Morgan fingerprint density at radius 1 is 1.04 bits per heavy atom. The highest BCUT2D eigenvalue weighted by molar-refractivity contribution is 5.85. The monoisotopic (exact) mass is 343 g/mol. The molecule has 2 aromatic carbocycles. The first-order valence-corrected chi connectivity index (χ1v) is 7.46. The first kappa shape index (κ1) is 16.5. The zero-order valence-electron chi connectivity index (χ0n) is 13.7. The summed E-state index contributed by atoms with van der Waals surface area (Å²) in [5, 5.41) is 9.45. The molecule has 0 radical (unpaired) electrons. The van der Waals surface area contributed by atoms with Crippen molar-refractivity contribution in [2.45, 2.75) is 6.61 Å². The van der Waals surface area contributed by atoms with Crippen LogP contribution in [0.3, 0.4) is 0 Å². The first-order chi connectivity index (χ1) is 12.1. The lowest BCUT2D eigenvalue weighted by atomic mass is 10.2. The molecule has 7 heteroatoms. The van der Waals surface area contributed by atoms with Crippen molar-refractivity contribution in [3.63, 3.8) is 0 Å². The van der Waals surface area contributed by atoms with Gasteiger partial charge in [0.05, 0.1) is 19.7 Å². The van der Waals surface area contributed by atoms with Crippen LogP contribution in [0.4, 0.5) is 4.79 Å². The van der Waals surface area contributed by atoms with Gasteiger partial charge in [0, 0.05) is 17.5 Å². The molecule has 3 aromatic rings. The number of hydrogen-bond acceptors (Lipinski definition) is 5. The fourth-order valence-electron chi connectivity index (χ4n) is 2.42. The maximum absolute atomic E-state index is 10.6. The molecule has 130 valence electrons. The van der Waals surface area contributed by atoms with Crippen molar-refractivity contribution in [3.05, 3.63) is 48.0 Å². The van der Waals surface area contributed by atoms with E-state index in [1.807, 2.05) is 24.3 Å². The molecule has 1 aromatic heterocycles. The van der Waals surface area contributed by atoms with Crippen molar-refractivity contribution in [1.82, 2.24) is 4.98 Å². The van der Waals surface area contributed by atoms with Gasteiger partial charge in [-0.1, -0.05) is 12.1 Å². The molecule has 0 aliphatic rings. The van der Waals surface area contributed by atoms with Crippen LogP contribution in [0.1, 0.15) is 5.56 Å². The third-order valence-electron chi connectivity index (χ3n) is 3.63. The van der Waals surface area contributed by atoms with Gasteiger partial charge in [-0.05, 0) is 23.8 Å². The van der Waals surface area contributed by atoms with Crippen molar-refractivity contribution >= 4 is 17.1 Å². The Hall–Kier alpha value is -3.35. The molecule has 2 N–H and O–H groups in total. The standard InChI is InChI=1S/C18H17NO6/c1-22-13-5-3-11(4-6-13)10-24-16-7-12-8-17(25-18(20)21)19-14(12)9-15(16)23-2/h3-9,19H,10H2,1-2H3,(H,20,21). The van der Waals surface area contributed by atoms with Crippen molar-refractivity contribution < 1.29 is 28.8 Å². The van der Waals surface area contributed by atoms with Crippen LogP contribution in [0.25, 0.3) is 10.9 Å². The molecule has 0 aliphatic carbocycles. The Balaban J connectivity index is 1.82. The van der Waals surface area contributed by atoms with E-state index in [-0.39, 0.29) is 5.88 Å². The summed E-state index contributed by atoms with van der Waals surface area (Å²) >= 11 is 0. The summed E-state index contributed by atoms with van der Waals surface area (Å²) in [5.41, 5.74) is 1.66. The molecule has 7 nitrogen and oxygen atoms in total. The van der Waals surface area contributed by atoms with Gasteiger partial charge in [-0.25, -0.2) is 4.79 Å². The van der Waals surface area contributed by atoms with Crippen LogP contribution >= 0.6 is 0 Å². The first-order valence-electron chi connectivity index (χ1n) is 7.46. The zero-order valence-corrected chi connectivity index (χ0v) is 13.7. The van der Waals surface area contributed by atoms with Crippen LogP contribution < -0.4 is 18.9 Å². The maximum atomic E-state index is 10.6. The Bertz CT molecular complexity index is 884. The summed E-state index contributed by atoms with van der Waals surface area (Å²) in [6.07, 6.45) is -1.38. The minimum Gasteiger partial charge on any atom is -0.497 e. The Morgan fingerprint density at radius 2 is 1.80 bits per heavy atom. The molecule has 0 saturated carbocycles. The number of carboxylic acid groups (broad SMARTS) is 1. The number of carbonyl (C=O) groups is 1. The molecule has 0 spiro atoms. The number of aromatic nitrogens is 1. The number of ether oxygens (including phenoxy) is 4. The molecule has 0 fully saturated rings. The molecule has 3 rings (SSSR count). The fourth-order valence-corrected chi connectivity index (χ4v) is 2.42. The van der Waals surface area contributed by atoms with E-state index in [4.69, 9.17) is 19.3 Å². The third kappa shape index (κ3) is 3.77. The van der Waals surface area contributed by atoms with Crippen LogP contribution in [0.15, 0.2) is 42.5 Å². The Kier molecular flexibility index (Phi) is 4.65. The Labute approximate surface area is 143 Å². The molecule has 0 saturated heterocycles. The van der Waals surface area contributed by atoms with Crippen LogP contribution in [0.5, 0.6) is 23.1 Å². The number of benzene rings is 2. The normalized spacial score (nSPS) is 10.5. The summed E-state index contributed by atoms with van der Waals surface area (Å²) in [7, 11) is 3.16. The van der Waals surface area contributed by atoms with Crippen LogP contribution in [-0.2, 0) is 6.61 Å². The summed E-state index contributed by atoms with van der Waals surface area (Å²) < 4.78 is 21.0. The lowest BCUT2D eigenvalue weighted by Gasteiger charge is -2.11. The second kappa shape index (κ2) is 7.04. The average Bonchev–Trinajstić information content (AvgIpc) is 2.99. The van der Waals surface area contributed by atoms with E-state index in [1.165, 1.54) is 0 Å². The second-order valence-corrected chi connectivity index (χ2v) is 5.23. The van der Waals surface area contributed by atoms with Crippen LogP contribution in [0.2, 0.25) is 0 Å². The van der Waals surface area contributed by atoms with Crippen molar-refractivity contribution in [3.8, 4) is 23.1 Å². The van der Waals surface area contributed by atoms with Crippen molar-refractivity contribution in [2.24, 2.45) is 0 Å². The maximum Gasteiger partial charge on any atom is 0.512 e. The number of rotatable bonds is 6. The molecule has 1 heterocycles. The number of H-pyrrole nitrogens is 1.